The minimum atomic E-state index is -0.471. The van der Waals surface area contributed by atoms with Crippen LogP contribution in [0.25, 0.3) is 22.7 Å². The van der Waals surface area contributed by atoms with Crippen LogP contribution >= 0.6 is 0 Å². The maximum atomic E-state index is 11.4. The molecule has 0 bridgehead atoms. The molecule has 0 radical (unpaired) electrons. The Balaban J connectivity index is 1.90. The zero-order valence-corrected chi connectivity index (χ0v) is 11.3. The molecule has 106 valence electrons. The van der Waals surface area contributed by atoms with Crippen LogP contribution in [0.1, 0.15) is 0 Å². The van der Waals surface area contributed by atoms with E-state index in [-0.39, 0.29) is 6.61 Å². The standard InChI is InChI=1S/C15H12N2O4/c1-19-9-14(18)20-10-5-6-11-13(8-10)21-15(17-11)12-4-2-3-7-16-12/h2-8H,9H2,1H3. The van der Waals surface area contributed by atoms with Gasteiger partial charge in [0.05, 0.1) is 0 Å². The maximum absolute atomic E-state index is 11.4. The van der Waals surface area contributed by atoms with Gasteiger partial charge in [-0.05, 0) is 24.3 Å². The number of benzene rings is 1. The Morgan fingerprint density at radius 2 is 2.19 bits per heavy atom. The number of hydrogen-bond donors (Lipinski definition) is 0. The van der Waals surface area contributed by atoms with E-state index in [0.29, 0.717) is 28.4 Å². The van der Waals surface area contributed by atoms with Crippen molar-refractivity contribution < 1.29 is 18.7 Å². The van der Waals surface area contributed by atoms with Crippen molar-refractivity contribution in [2.45, 2.75) is 0 Å². The number of oxazole rings is 1. The van der Waals surface area contributed by atoms with Crippen LogP contribution in [0.3, 0.4) is 0 Å². The number of carbonyl (C=O) groups is 1. The average Bonchev–Trinajstić information content (AvgIpc) is 2.91. The van der Waals surface area contributed by atoms with Crippen molar-refractivity contribution >= 4 is 17.1 Å². The van der Waals surface area contributed by atoms with Crippen LogP contribution in [0.5, 0.6) is 5.75 Å². The molecule has 3 rings (SSSR count). The van der Waals surface area contributed by atoms with Crippen molar-refractivity contribution in [2.75, 3.05) is 13.7 Å². The second kappa shape index (κ2) is 5.72. The van der Waals surface area contributed by atoms with Gasteiger partial charge < -0.3 is 13.9 Å². The van der Waals surface area contributed by atoms with Crippen LogP contribution in [0, 0.1) is 0 Å². The van der Waals surface area contributed by atoms with Gasteiger partial charge in [-0.3, -0.25) is 4.98 Å². The first-order valence-corrected chi connectivity index (χ1v) is 6.28. The van der Waals surface area contributed by atoms with Gasteiger partial charge in [0.15, 0.2) is 5.58 Å². The van der Waals surface area contributed by atoms with Crippen molar-refractivity contribution in [1.82, 2.24) is 9.97 Å². The van der Waals surface area contributed by atoms with Crippen LogP contribution in [-0.2, 0) is 9.53 Å². The molecule has 0 fully saturated rings. The fraction of sp³-hybridized carbons (Fsp3) is 0.133. The largest absolute Gasteiger partial charge is 0.435 e. The molecule has 2 heterocycles. The molecule has 0 saturated heterocycles. The first kappa shape index (κ1) is 13.3. The summed E-state index contributed by atoms with van der Waals surface area (Å²) < 4.78 is 15.5. The zero-order valence-electron chi connectivity index (χ0n) is 11.3. The van der Waals surface area contributed by atoms with Gasteiger partial charge in [-0.1, -0.05) is 6.07 Å². The molecule has 1 aromatic carbocycles. The van der Waals surface area contributed by atoms with Crippen molar-refractivity contribution in [3.8, 4) is 17.3 Å². The Hall–Kier alpha value is -2.73. The van der Waals surface area contributed by atoms with Crippen molar-refractivity contribution in [3.63, 3.8) is 0 Å². The van der Waals surface area contributed by atoms with E-state index < -0.39 is 5.97 Å². The minimum Gasteiger partial charge on any atom is -0.435 e. The topological polar surface area (TPSA) is 74.5 Å². The predicted molar refractivity (Wildman–Crippen MR) is 74.8 cm³/mol. The zero-order chi connectivity index (χ0) is 14.7. The number of methoxy groups -OCH3 is 1. The molecule has 0 saturated carbocycles. The molecular weight excluding hydrogens is 272 g/mol. The van der Waals surface area contributed by atoms with E-state index in [9.17, 15) is 4.79 Å². The molecule has 0 spiro atoms. The smallest absolute Gasteiger partial charge is 0.337 e. The van der Waals surface area contributed by atoms with Gasteiger partial charge in [0.2, 0.25) is 5.89 Å². The minimum absolute atomic E-state index is 0.104. The summed E-state index contributed by atoms with van der Waals surface area (Å²) in [5.74, 6) is 0.334. The van der Waals surface area contributed by atoms with Gasteiger partial charge in [0.1, 0.15) is 23.6 Å². The summed E-state index contributed by atoms with van der Waals surface area (Å²) >= 11 is 0. The highest BCUT2D eigenvalue weighted by Crippen LogP contribution is 2.26. The van der Waals surface area contributed by atoms with E-state index in [1.54, 1.807) is 24.4 Å². The Labute approximate surface area is 120 Å². The molecule has 0 N–H and O–H groups in total. The number of pyridine rings is 1. The predicted octanol–water partition coefficient (Wildman–Crippen LogP) is 2.44. The third-order valence-electron chi connectivity index (χ3n) is 2.74. The second-order valence-electron chi connectivity index (χ2n) is 4.27. The Kier molecular flexibility index (Phi) is 3.61. The Morgan fingerprint density at radius 1 is 1.29 bits per heavy atom. The molecule has 21 heavy (non-hydrogen) atoms. The van der Waals surface area contributed by atoms with Crippen molar-refractivity contribution in [1.29, 1.82) is 0 Å². The molecule has 0 aliphatic heterocycles. The number of esters is 1. The van der Waals surface area contributed by atoms with Crippen molar-refractivity contribution in [2.24, 2.45) is 0 Å². The van der Waals surface area contributed by atoms with Gasteiger partial charge in [-0.2, -0.15) is 0 Å². The van der Waals surface area contributed by atoms with Gasteiger partial charge >= 0.3 is 5.97 Å². The lowest BCUT2D eigenvalue weighted by Crippen LogP contribution is -2.13. The van der Waals surface area contributed by atoms with E-state index >= 15 is 0 Å². The molecule has 0 atom stereocenters. The summed E-state index contributed by atoms with van der Waals surface area (Å²) in [5, 5.41) is 0. The summed E-state index contributed by atoms with van der Waals surface area (Å²) in [6.45, 7) is -0.104. The highest BCUT2D eigenvalue weighted by molar-refractivity contribution is 5.79. The summed E-state index contributed by atoms with van der Waals surface area (Å²) in [6.07, 6.45) is 1.67. The average molecular weight is 284 g/mol. The number of rotatable bonds is 4. The lowest BCUT2D eigenvalue weighted by atomic mass is 10.3. The first-order chi connectivity index (χ1) is 10.3. The summed E-state index contributed by atoms with van der Waals surface area (Å²) in [4.78, 5) is 19.9. The van der Waals surface area contributed by atoms with E-state index in [1.807, 2.05) is 18.2 Å². The lowest BCUT2D eigenvalue weighted by molar-refractivity contribution is -0.138. The molecule has 0 amide bonds. The SMILES string of the molecule is COCC(=O)Oc1ccc2nc(-c3ccccn3)oc2c1. The second-order valence-corrected chi connectivity index (χ2v) is 4.27. The van der Waals surface area contributed by atoms with Crippen LogP contribution in [0.15, 0.2) is 47.0 Å². The number of carbonyl (C=O) groups excluding carboxylic acids is 1. The molecule has 3 aromatic rings. The molecule has 0 aliphatic carbocycles. The van der Waals surface area contributed by atoms with E-state index in [4.69, 9.17) is 13.9 Å². The third kappa shape index (κ3) is 2.90. The van der Waals surface area contributed by atoms with E-state index in [2.05, 4.69) is 9.97 Å². The molecular formula is C15H12N2O4. The summed E-state index contributed by atoms with van der Waals surface area (Å²) in [7, 11) is 1.43. The van der Waals surface area contributed by atoms with Crippen LogP contribution in [-0.4, -0.2) is 29.7 Å². The summed E-state index contributed by atoms with van der Waals surface area (Å²) in [6, 6.07) is 10.5. The number of nitrogens with zero attached hydrogens (tertiary/aromatic N) is 2. The molecule has 0 unspecified atom stereocenters. The Bertz CT molecular complexity index is 768. The van der Waals surface area contributed by atoms with Gasteiger partial charge in [-0.15, -0.1) is 0 Å². The van der Waals surface area contributed by atoms with Crippen molar-refractivity contribution in [3.05, 3.63) is 42.6 Å². The van der Waals surface area contributed by atoms with E-state index in [1.165, 1.54) is 7.11 Å². The van der Waals surface area contributed by atoms with Gasteiger partial charge in [-0.25, -0.2) is 9.78 Å². The first-order valence-electron chi connectivity index (χ1n) is 6.28. The molecule has 6 nitrogen and oxygen atoms in total. The quantitative estimate of drug-likeness (QED) is 0.541. The summed E-state index contributed by atoms with van der Waals surface area (Å²) in [5.41, 5.74) is 1.84. The number of aromatic nitrogens is 2. The normalized spacial score (nSPS) is 10.7. The fourth-order valence-corrected chi connectivity index (χ4v) is 1.85. The van der Waals surface area contributed by atoms with Crippen LogP contribution < -0.4 is 4.74 Å². The number of hydrogen-bond acceptors (Lipinski definition) is 6. The Morgan fingerprint density at radius 3 is 2.95 bits per heavy atom. The maximum Gasteiger partial charge on any atom is 0.337 e. The molecule has 6 heteroatoms. The van der Waals surface area contributed by atoms with E-state index in [0.717, 1.165) is 0 Å². The third-order valence-corrected chi connectivity index (χ3v) is 2.74. The monoisotopic (exact) mass is 284 g/mol. The van der Waals surface area contributed by atoms with Gasteiger partial charge in [0.25, 0.3) is 0 Å². The van der Waals surface area contributed by atoms with Crippen LogP contribution in [0.2, 0.25) is 0 Å². The highest BCUT2D eigenvalue weighted by Gasteiger charge is 2.11. The highest BCUT2D eigenvalue weighted by atomic mass is 16.6. The molecule has 2 aromatic heterocycles. The number of fused-ring (bicyclic) bond motifs is 1. The fourth-order valence-electron chi connectivity index (χ4n) is 1.85. The lowest BCUT2D eigenvalue weighted by Gasteiger charge is -2.02. The number of ether oxygens (including phenoxy) is 2. The van der Waals surface area contributed by atoms with Gasteiger partial charge in [0, 0.05) is 19.4 Å². The van der Waals surface area contributed by atoms with Crippen LogP contribution in [0.4, 0.5) is 0 Å². The molecule has 0 aliphatic rings.